The fourth-order valence-electron chi connectivity index (χ4n) is 6.86. The molecular weight excluding hydrogens is 296 g/mol. The van der Waals surface area contributed by atoms with Crippen LogP contribution < -0.4 is 0 Å². The van der Waals surface area contributed by atoms with Crippen LogP contribution in [0.15, 0.2) is 23.5 Å². The lowest BCUT2D eigenvalue weighted by atomic mass is 9.48. The quantitative estimate of drug-likeness (QED) is 0.658. The summed E-state index contributed by atoms with van der Waals surface area (Å²) in [5, 5.41) is 0. The number of carbonyl (C=O) groups excluding carboxylic acids is 1. The highest BCUT2D eigenvalue weighted by molar-refractivity contribution is 5.56. The average Bonchev–Trinajstić information content (AvgIpc) is 2.92. The van der Waals surface area contributed by atoms with E-state index in [4.69, 9.17) is 4.74 Å². The smallest absolute Gasteiger partial charge is 0.123 e. The van der Waals surface area contributed by atoms with Crippen molar-refractivity contribution >= 4 is 6.29 Å². The Morgan fingerprint density at radius 3 is 2.79 bits per heavy atom. The lowest BCUT2D eigenvalue weighted by Crippen LogP contribution is -2.49. The third-order valence-corrected chi connectivity index (χ3v) is 8.30. The molecule has 0 saturated heterocycles. The van der Waals surface area contributed by atoms with Crippen molar-refractivity contribution in [1.82, 2.24) is 0 Å². The van der Waals surface area contributed by atoms with Crippen molar-refractivity contribution in [2.75, 3.05) is 6.61 Å². The van der Waals surface area contributed by atoms with Crippen LogP contribution in [0.4, 0.5) is 0 Å². The predicted molar refractivity (Wildman–Crippen MR) is 96.3 cm³/mol. The van der Waals surface area contributed by atoms with Gasteiger partial charge in [-0.15, -0.1) is 0 Å². The Morgan fingerprint density at radius 2 is 2.04 bits per heavy atom. The van der Waals surface area contributed by atoms with Crippen LogP contribution in [-0.2, 0) is 9.53 Å². The van der Waals surface area contributed by atoms with Gasteiger partial charge in [0.15, 0.2) is 0 Å². The van der Waals surface area contributed by atoms with Crippen LogP contribution in [-0.4, -0.2) is 12.9 Å². The van der Waals surface area contributed by atoms with E-state index >= 15 is 0 Å². The maximum Gasteiger partial charge on any atom is 0.123 e. The van der Waals surface area contributed by atoms with Crippen LogP contribution in [0, 0.1) is 34.5 Å². The van der Waals surface area contributed by atoms with Gasteiger partial charge >= 0.3 is 0 Å². The number of aldehydes is 1. The van der Waals surface area contributed by atoms with Gasteiger partial charge in [0.2, 0.25) is 0 Å². The van der Waals surface area contributed by atoms with Crippen molar-refractivity contribution in [2.24, 2.45) is 34.5 Å². The number of fused-ring (bicyclic) bond motifs is 5. The molecule has 132 valence electrons. The Bertz CT molecular complexity index is 589. The van der Waals surface area contributed by atoms with Gasteiger partial charge in [0.1, 0.15) is 6.29 Å². The number of hydrogen-bond acceptors (Lipinski definition) is 2. The minimum absolute atomic E-state index is 0.269. The zero-order valence-electron chi connectivity index (χ0n) is 15.5. The molecule has 6 atom stereocenters. The lowest BCUT2D eigenvalue weighted by Gasteiger charge is -2.56. The van der Waals surface area contributed by atoms with Crippen LogP contribution in [0.3, 0.4) is 0 Å². The van der Waals surface area contributed by atoms with Crippen LogP contribution in [0.2, 0.25) is 0 Å². The summed E-state index contributed by atoms with van der Waals surface area (Å²) in [6.45, 7) is 7.76. The molecule has 0 amide bonds. The SMILES string of the molecule is CCOC1=CC2=CC[C@@H]3[C@H](CC[C@]4(C)C(C=O)CC[C@@H]34)[C@@]2(C)CC1. The fraction of sp³-hybridized carbons (Fsp3) is 0.773. The minimum Gasteiger partial charge on any atom is -0.498 e. The molecule has 0 radical (unpaired) electrons. The molecule has 0 aromatic heterocycles. The normalized spacial score (nSPS) is 47.0. The molecule has 0 spiro atoms. The third-order valence-electron chi connectivity index (χ3n) is 8.30. The Hall–Kier alpha value is -1.05. The summed E-state index contributed by atoms with van der Waals surface area (Å²) in [5.41, 5.74) is 2.13. The average molecular weight is 328 g/mol. The standard InChI is InChI=1S/C22H32O2/c1-4-24-17-9-11-21(2)15(13-17)5-7-18-19-8-6-16(14-23)22(19,3)12-10-20(18)21/h5,13-14,16,18-20H,4,6-12H2,1-3H3/t16?,18-,19-,20-,21-,22+/m0/s1. The van der Waals surface area contributed by atoms with Gasteiger partial charge in [0.25, 0.3) is 0 Å². The van der Waals surface area contributed by atoms with E-state index in [-0.39, 0.29) is 5.41 Å². The van der Waals surface area contributed by atoms with E-state index in [2.05, 4.69) is 32.9 Å². The first-order valence-corrected chi connectivity index (χ1v) is 10.0. The van der Waals surface area contributed by atoms with E-state index in [0.717, 1.165) is 37.2 Å². The molecule has 0 aromatic carbocycles. The molecule has 4 aliphatic carbocycles. The zero-order valence-corrected chi connectivity index (χ0v) is 15.5. The summed E-state index contributed by atoms with van der Waals surface area (Å²) in [6, 6.07) is 0. The third kappa shape index (κ3) is 2.17. The largest absolute Gasteiger partial charge is 0.498 e. The maximum atomic E-state index is 11.6. The molecule has 0 bridgehead atoms. The first kappa shape index (κ1) is 16.4. The Morgan fingerprint density at radius 1 is 1.21 bits per heavy atom. The number of rotatable bonds is 3. The predicted octanol–water partition coefficient (Wildman–Crippen LogP) is 5.29. The highest BCUT2D eigenvalue weighted by Gasteiger charge is 2.58. The summed E-state index contributed by atoms with van der Waals surface area (Å²) in [4.78, 5) is 11.6. The van der Waals surface area contributed by atoms with Gasteiger partial charge in [0.05, 0.1) is 12.4 Å². The van der Waals surface area contributed by atoms with Gasteiger partial charge in [0, 0.05) is 12.3 Å². The van der Waals surface area contributed by atoms with Crippen LogP contribution >= 0.6 is 0 Å². The fourth-order valence-corrected chi connectivity index (χ4v) is 6.86. The molecule has 2 heteroatoms. The van der Waals surface area contributed by atoms with Gasteiger partial charge in [-0.25, -0.2) is 0 Å². The summed E-state index contributed by atoms with van der Waals surface area (Å²) in [5.74, 6) is 3.81. The summed E-state index contributed by atoms with van der Waals surface area (Å²) in [6.07, 6.45) is 14.6. The molecule has 24 heavy (non-hydrogen) atoms. The first-order chi connectivity index (χ1) is 11.5. The van der Waals surface area contributed by atoms with Crippen molar-refractivity contribution in [3.8, 4) is 0 Å². The topological polar surface area (TPSA) is 26.3 Å². The summed E-state index contributed by atoms with van der Waals surface area (Å²) >= 11 is 0. The summed E-state index contributed by atoms with van der Waals surface area (Å²) in [7, 11) is 0. The summed E-state index contributed by atoms with van der Waals surface area (Å²) < 4.78 is 5.81. The molecule has 0 aromatic rings. The number of hydrogen-bond donors (Lipinski definition) is 0. The van der Waals surface area contributed by atoms with Crippen molar-refractivity contribution in [2.45, 2.75) is 65.7 Å². The highest BCUT2D eigenvalue weighted by atomic mass is 16.5. The van der Waals surface area contributed by atoms with E-state index in [1.807, 2.05) is 0 Å². The van der Waals surface area contributed by atoms with Crippen LogP contribution in [0.1, 0.15) is 65.7 Å². The molecule has 4 rings (SSSR count). The Labute approximate surface area is 146 Å². The molecule has 1 unspecified atom stereocenters. The van der Waals surface area contributed by atoms with Crippen LogP contribution in [0.5, 0.6) is 0 Å². The highest BCUT2D eigenvalue weighted by Crippen LogP contribution is 2.65. The molecule has 4 aliphatic rings. The van der Waals surface area contributed by atoms with E-state index in [1.165, 1.54) is 49.7 Å². The molecule has 0 N–H and O–H groups in total. The van der Waals surface area contributed by atoms with E-state index in [9.17, 15) is 4.79 Å². The second-order valence-electron chi connectivity index (χ2n) is 9.10. The molecule has 2 nitrogen and oxygen atoms in total. The molecule has 2 fully saturated rings. The molecule has 0 heterocycles. The Kier molecular flexibility index (Phi) is 3.93. The minimum atomic E-state index is 0.269. The van der Waals surface area contributed by atoms with Gasteiger partial charge in [-0.05, 0) is 85.7 Å². The molecule has 0 aliphatic heterocycles. The maximum absolute atomic E-state index is 11.6. The number of carbonyl (C=O) groups is 1. The van der Waals surface area contributed by atoms with Gasteiger partial charge in [-0.2, -0.15) is 0 Å². The van der Waals surface area contributed by atoms with Gasteiger partial charge in [-0.3, -0.25) is 0 Å². The van der Waals surface area contributed by atoms with Crippen molar-refractivity contribution in [3.05, 3.63) is 23.5 Å². The van der Waals surface area contributed by atoms with E-state index in [1.54, 1.807) is 0 Å². The first-order valence-electron chi connectivity index (χ1n) is 10.0. The van der Waals surface area contributed by atoms with Gasteiger partial charge < -0.3 is 9.53 Å². The van der Waals surface area contributed by atoms with E-state index < -0.39 is 0 Å². The second-order valence-corrected chi connectivity index (χ2v) is 9.10. The van der Waals surface area contributed by atoms with Crippen molar-refractivity contribution < 1.29 is 9.53 Å². The Balaban J connectivity index is 1.65. The number of allylic oxidation sites excluding steroid dienone is 4. The monoisotopic (exact) mass is 328 g/mol. The lowest BCUT2D eigenvalue weighted by molar-refractivity contribution is -0.117. The van der Waals surface area contributed by atoms with Crippen molar-refractivity contribution in [3.63, 3.8) is 0 Å². The zero-order chi connectivity index (χ0) is 16.9. The van der Waals surface area contributed by atoms with Crippen LogP contribution in [0.25, 0.3) is 0 Å². The number of ether oxygens (including phenoxy) is 1. The second kappa shape index (κ2) is 5.75. The van der Waals surface area contributed by atoms with E-state index in [0.29, 0.717) is 11.3 Å². The molecule has 2 saturated carbocycles. The molecular formula is C22H32O2. The van der Waals surface area contributed by atoms with Gasteiger partial charge in [-0.1, -0.05) is 19.9 Å². The van der Waals surface area contributed by atoms with Crippen molar-refractivity contribution in [1.29, 1.82) is 0 Å².